The zero-order valence-corrected chi connectivity index (χ0v) is 11.2. The summed E-state index contributed by atoms with van der Waals surface area (Å²) >= 11 is 1.62. The molecule has 1 aromatic rings. The lowest BCUT2D eigenvalue weighted by molar-refractivity contribution is 0.0840. The van der Waals surface area contributed by atoms with Crippen LogP contribution in [0.2, 0.25) is 0 Å². The molecule has 0 atom stereocenters. The Morgan fingerprint density at radius 2 is 2.22 bits per heavy atom. The monoisotopic (exact) mass is 269 g/mol. The molecular formula is C13H19NO3S. The van der Waals surface area contributed by atoms with Crippen molar-refractivity contribution in [3.05, 3.63) is 21.4 Å². The summed E-state index contributed by atoms with van der Waals surface area (Å²) < 4.78 is 5.09. The van der Waals surface area contributed by atoms with Gasteiger partial charge in [-0.25, -0.2) is 0 Å². The maximum atomic E-state index is 11.9. The summed E-state index contributed by atoms with van der Waals surface area (Å²) in [5, 5.41) is 11.4. The second-order valence-electron chi connectivity index (χ2n) is 4.36. The molecule has 0 fully saturated rings. The quantitative estimate of drug-likeness (QED) is 0.767. The van der Waals surface area contributed by atoms with Gasteiger partial charge < -0.3 is 15.2 Å². The van der Waals surface area contributed by atoms with Gasteiger partial charge in [0.2, 0.25) is 0 Å². The third-order valence-electron chi connectivity index (χ3n) is 2.99. The van der Waals surface area contributed by atoms with Crippen molar-refractivity contribution in [1.29, 1.82) is 0 Å². The van der Waals surface area contributed by atoms with Gasteiger partial charge in [-0.3, -0.25) is 4.79 Å². The lowest BCUT2D eigenvalue weighted by Gasteiger charge is -2.08. The van der Waals surface area contributed by atoms with E-state index in [1.54, 1.807) is 11.3 Å². The molecule has 2 N–H and O–H groups in total. The molecule has 1 aliphatic rings. The molecule has 18 heavy (non-hydrogen) atoms. The first-order chi connectivity index (χ1) is 8.81. The highest BCUT2D eigenvalue weighted by Crippen LogP contribution is 2.29. The van der Waals surface area contributed by atoms with Crippen LogP contribution in [0.3, 0.4) is 0 Å². The Hall–Kier alpha value is -0.910. The van der Waals surface area contributed by atoms with Gasteiger partial charge in [-0.05, 0) is 37.3 Å². The summed E-state index contributed by atoms with van der Waals surface area (Å²) in [6.45, 7) is 1.27. The van der Waals surface area contributed by atoms with E-state index in [0.717, 1.165) is 17.7 Å². The Morgan fingerprint density at radius 3 is 3.00 bits per heavy atom. The Bertz CT molecular complexity index is 379. The Morgan fingerprint density at radius 1 is 1.39 bits per heavy atom. The number of rotatable bonds is 6. The normalized spacial score (nSPS) is 14.3. The maximum Gasteiger partial charge on any atom is 0.261 e. The topological polar surface area (TPSA) is 58.6 Å². The van der Waals surface area contributed by atoms with Crippen molar-refractivity contribution in [1.82, 2.24) is 5.32 Å². The standard InChI is InChI=1S/C13H19NO3S/c15-6-8-17-7-5-14-13(16)12-9-10-3-1-2-4-11(10)18-12/h9,15H,1-8H2,(H,14,16). The lowest BCUT2D eigenvalue weighted by Crippen LogP contribution is -2.26. The molecule has 0 bridgehead atoms. The number of nitrogens with one attached hydrogen (secondary N) is 1. The minimum absolute atomic E-state index is 0.0120. The molecule has 0 radical (unpaired) electrons. The number of hydrogen-bond donors (Lipinski definition) is 2. The van der Waals surface area contributed by atoms with Crippen molar-refractivity contribution in [3.8, 4) is 0 Å². The molecule has 1 amide bonds. The van der Waals surface area contributed by atoms with Gasteiger partial charge in [0.15, 0.2) is 0 Å². The number of aliphatic hydroxyl groups is 1. The molecular weight excluding hydrogens is 250 g/mol. The van der Waals surface area contributed by atoms with Crippen molar-refractivity contribution in [3.63, 3.8) is 0 Å². The highest BCUT2D eigenvalue weighted by molar-refractivity contribution is 7.14. The molecule has 5 heteroatoms. The van der Waals surface area contributed by atoms with Gasteiger partial charge in [0.25, 0.3) is 5.91 Å². The molecule has 1 aliphatic carbocycles. The molecule has 2 rings (SSSR count). The predicted octanol–water partition coefficient (Wildman–Crippen LogP) is 1.37. The smallest absolute Gasteiger partial charge is 0.261 e. The van der Waals surface area contributed by atoms with E-state index in [1.807, 2.05) is 6.07 Å². The largest absolute Gasteiger partial charge is 0.394 e. The van der Waals surface area contributed by atoms with Gasteiger partial charge in [0.1, 0.15) is 0 Å². The number of aryl methyl sites for hydroxylation is 2. The number of carbonyl (C=O) groups is 1. The second-order valence-corrected chi connectivity index (χ2v) is 5.49. The fourth-order valence-corrected chi connectivity index (χ4v) is 3.26. The molecule has 1 aromatic heterocycles. The first kappa shape index (κ1) is 13.5. The van der Waals surface area contributed by atoms with Crippen LogP contribution < -0.4 is 5.32 Å². The highest BCUT2D eigenvalue weighted by Gasteiger charge is 2.16. The minimum Gasteiger partial charge on any atom is -0.394 e. The van der Waals surface area contributed by atoms with Gasteiger partial charge in [-0.1, -0.05) is 0 Å². The number of thiophene rings is 1. The number of hydrogen-bond acceptors (Lipinski definition) is 4. The van der Waals surface area contributed by atoms with Crippen LogP contribution in [0.4, 0.5) is 0 Å². The van der Waals surface area contributed by atoms with E-state index in [0.29, 0.717) is 19.8 Å². The summed E-state index contributed by atoms with van der Waals surface area (Å²) in [6, 6.07) is 2.03. The molecule has 0 saturated carbocycles. The van der Waals surface area contributed by atoms with Crippen molar-refractivity contribution >= 4 is 17.2 Å². The number of fused-ring (bicyclic) bond motifs is 1. The van der Waals surface area contributed by atoms with Gasteiger partial charge in [-0.15, -0.1) is 11.3 Å². The average Bonchev–Trinajstić information content (AvgIpc) is 2.82. The van der Waals surface area contributed by atoms with Crippen LogP contribution in [0.1, 0.15) is 33.0 Å². The molecule has 100 valence electrons. The molecule has 0 spiro atoms. The van der Waals surface area contributed by atoms with Crippen LogP contribution in [0.5, 0.6) is 0 Å². The number of aliphatic hydroxyl groups excluding tert-OH is 1. The van der Waals surface area contributed by atoms with Crippen molar-refractivity contribution < 1.29 is 14.6 Å². The average molecular weight is 269 g/mol. The van der Waals surface area contributed by atoms with Gasteiger partial charge in [0.05, 0.1) is 24.7 Å². The van der Waals surface area contributed by atoms with Crippen LogP contribution >= 0.6 is 11.3 Å². The summed E-state index contributed by atoms with van der Waals surface area (Å²) in [7, 11) is 0. The van der Waals surface area contributed by atoms with E-state index in [9.17, 15) is 4.79 Å². The summed E-state index contributed by atoms with van der Waals surface area (Å²) in [4.78, 5) is 14.1. The summed E-state index contributed by atoms with van der Waals surface area (Å²) in [5.41, 5.74) is 1.35. The third kappa shape index (κ3) is 3.54. The lowest BCUT2D eigenvalue weighted by atomic mass is 9.99. The fourth-order valence-electron chi connectivity index (χ4n) is 2.09. The molecule has 0 aliphatic heterocycles. The van der Waals surface area contributed by atoms with E-state index in [2.05, 4.69) is 5.32 Å². The Balaban J connectivity index is 1.80. The number of ether oxygens (including phenoxy) is 1. The molecule has 0 unspecified atom stereocenters. The molecule has 0 saturated heterocycles. The van der Waals surface area contributed by atoms with Crippen molar-refractivity contribution in [2.45, 2.75) is 25.7 Å². The minimum atomic E-state index is -0.0120. The first-order valence-electron chi connectivity index (χ1n) is 6.39. The maximum absolute atomic E-state index is 11.9. The van der Waals surface area contributed by atoms with E-state index in [1.165, 1.54) is 23.3 Å². The molecule has 1 heterocycles. The number of carbonyl (C=O) groups excluding carboxylic acids is 1. The number of amides is 1. The zero-order valence-electron chi connectivity index (χ0n) is 10.4. The summed E-state index contributed by atoms with van der Waals surface area (Å²) in [5.74, 6) is -0.0120. The fraction of sp³-hybridized carbons (Fsp3) is 0.615. The van der Waals surface area contributed by atoms with Crippen LogP contribution in [-0.2, 0) is 17.6 Å². The van der Waals surface area contributed by atoms with Crippen molar-refractivity contribution in [2.75, 3.05) is 26.4 Å². The summed E-state index contributed by atoms with van der Waals surface area (Å²) in [6.07, 6.45) is 4.70. The van der Waals surface area contributed by atoms with Gasteiger partial charge in [0, 0.05) is 11.4 Å². The molecule has 4 nitrogen and oxygen atoms in total. The first-order valence-corrected chi connectivity index (χ1v) is 7.21. The van der Waals surface area contributed by atoms with Gasteiger partial charge >= 0.3 is 0 Å². The van der Waals surface area contributed by atoms with Gasteiger partial charge in [-0.2, -0.15) is 0 Å². The van der Waals surface area contributed by atoms with Crippen LogP contribution in [0.25, 0.3) is 0 Å². The van der Waals surface area contributed by atoms with E-state index < -0.39 is 0 Å². The predicted molar refractivity (Wildman–Crippen MR) is 71.2 cm³/mol. The van der Waals surface area contributed by atoms with E-state index in [-0.39, 0.29) is 12.5 Å². The van der Waals surface area contributed by atoms with Crippen LogP contribution in [0, 0.1) is 0 Å². The molecule has 0 aromatic carbocycles. The third-order valence-corrected chi connectivity index (χ3v) is 4.22. The Kier molecular flexibility index (Phi) is 5.16. The SMILES string of the molecule is O=C(NCCOCCO)c1cc2c(s1)CCCC2. The highest BCUT2D eigenvalue weighted by atomic mass is 32.1. The van der Waals surface area contributed by atoms with Crippen molar-refractivity contribution in [2.24, 2.45) is 0 Å². The van der Waals surface area contributed by atoms with Crippen LogP contribution in [-0.4, -0.2) is 37.4 Å². The second kappa shape index (κ2) is 6.87. The van der Waals surface area contributed by atoms with E-state index >= 15 is 0 Å². The van der Waals surface area contributed by atoms with Crippen LogP contribution in [0.15, 0.2) is 6.07 Å². The van der Waals surface area contributed by atoms with E-state index in [4.69, 9.17) is 9.84 Å². The Labute approximate surface area is 111 Å². The zero-order chi connectivity index (χ0) is 12.8.